The second kappa shape index (κ2) is 38.2. The van der Waals surface area contributed by atoms with Crippen molar-refractivity contribution in [2.24, 2.45) is 0 Å². The molecule has 6 heterocycles. The first-order valence-corrected chi connectivity index (χ1v) is 39.1. The molecule has 0 saturated carbocycles. The molecule has 12 nitrogen and oxygen atoms in total. The van der Waals surface area contributed by atoms with Crippen LogP contribution in [0, 0.1) is 37.3 Å². The molecule has 0 aliphatic heterocycles. The molecule has 528 valence electrons. The summed E-state index contributed by atoms with van der Waals surface area (Å²) in [6, 6.07) is 81.4. The minimum atomic E-state index is -5.78. The fourth-order valence-electron chi connectivity index (χ4n) is 10.0. The molecule has 0 unspecified atom stereocenters. The number of hydrogen-bond acceptors (Lipinski definition) is 12. The molecule has 101 heavy (non-hydrogen) atoms. The summed E-state index contributed by atoms with van der Waals surface area (Å²) in [7, 11) is -7.62. The predicted octanol–water partition coefficient (Wildman–Crippen LogP) is 19.3. The van der Waals surface area contributed by atoms with Crippen molar-refractivity contribution in [1.29, 1.82) is 0 Å². The minimum absolute atomic E-state index is 0. The van der Waals surface area contributed by atoms with Crippen LogP contribution in [-0.2, 0) is 54.7 Å². The summed E-state index contributed by atoms with van der Waals surface area (Å²) in [4.78, 5) is 17.3. The number of fused-ring (bicyclic) bond motifs is 6. The van der Waals surface area contributed by atoms with E-state index < -0.39 is 31.8 Å². The molecule has 14 aromatic rings. The van der Waals surface area contributed by atoms with Crippen molar-refractivity contribution in [3.63, 3.8) is 0 Å². The first-order valence-electron chi connectivity index (χ1n) is 30.7. The first kappa shape index (κ1) is 82.8. The van der Waals surface area contributed by atoms with E-state index in [1.807, 2.05) is 176 Å². The number of para-hydroxylation sites is 1. The van der Waals surface area contributed by atoms with Gasteiger partial charge in [-0.15, -0.1) is 94.3 Å². The number of alkyl halides is 3. The zero-order valence-electron chi connectivity index (χ0n) is 56.5. The topological polar surface area (TPSA) is 182 Å². The van der Waals surface area contributed by atoms with Crippen molar-refractivity contribution in [2.45, 2.75) is 51.7 Å². The van der Waals surface area contributed by atoms with E-state index in [4.69, 9.17) is 24.3 Å². The molecule has 0 bridgehead atoms. The Morgan fingerprint density at radius 1 is 0.455 bits per heavy atom. The summed E-state index contributed by atoms with van der Waals surface area (Å²) >= 11 is 0. The van der Waals surface area contributed by atoms with E-state index in [0.717, 1.165) is 90.4 Å². The number of rotatable bonds is 9. The molecule has 6 aromatic heterocycles. The zero-order valence-corrected chi connectivity index (χ0v) is 64.1. The third-order valence-corrected chi connectivity index (χ3v) is 19.7. The summed E-state index contributed by atoms with van der Waals surface area (Å²) in [5.41, 5.74) is 6.98. The van der Waals surface area contributed by atoms with Crippen molar-refractivity contribution in [2.75, 3.05) is 13.7 Å². The number of benzene rings is 8. The van der Waals surface area contributed by atoms with Crippen molar-refractivity contribution in [1.82, 2.24) is 19.9 Å². The van der Waals surface area contributed by atoms with Crippen molar-refractivity contribution in [3.05, 3.63) is 287 Å². The average Bonchev–Trinajstić information content (AvgIpc) is 1.61. The third-order valence-electron chi connectivity index (χ3n) is 14.8. The second-order valence-corrected chi connectivity index (χ2v) is 35.1. The maximum atomic E-state index is 15.0. The largest absolute Gasteiger partial charge is 0.525 e. The van der Waals surface area contributed by atoms with E-state index in [1.165, 1.54) is 22.5 Å². The number of aromatic nitrogens is 4. The molecule has 2 radical (unpaired) electrons. The molecular weight excluding hydrogens is 1700 g/mol. The maximum absolute atomic E-state index is 15.0. The van der Waals surface area contributed by atoms with Crippen LogP contribution in [-0.4, -0.2) is 79.2 Å². The monoisotopic (exact) mass is 1770 g/mol. The normalized spacial score (nSPS) is 10.9. The Bertz CT molecular complexity index is 4590. The van der Waals surface area contributed by atoms with Crippen LogP contribution in [0.4, 0.5) is 22.0 Å². The Labute approximate surface area is 614 Å². The van der Waals surface area contributed by atoms with Crippen LogP contribution in [0.25, 0.3) is 111 Å². The number of aliphatic hydroxyl groups is 2. The Hall–Kier alpha value is -8.87. The van der Waals surface area contributed by atoms with Crippen LogP contribution in [0.2, 0.25) is 39.3 Å². The number of nitrogens with zero attached hydrogens (tertiary/aromatic N) is 4. The van der Waals surface area contributed by atoms with E-state index in [9.17, 15) is 21.6 Å². The van der Waals surface area contributed by atoms with E-state index in [-0.39, 0.29) is 65.9 Å². The SMILES string of the molecule is CCO.CO.C[Si](C)(C)c1ccc(-c2c(F)ccc3c2oc2c(-c4ccccn4)[c-]ccc23)cc1.C[Si](C)(C)c1ccc(-c2c(F)ccc3c2oc2c(-c4ccccn4)cccc23)cc1.O=S(=O)(OO)C(F)(F)F.[CH3-].[Ir].[Ir].[c-]1ccccc1-c1ccccn1.[c-]1ccccc1-c1ccccn1. The van der Waals surface area contributed by atoms with Gasteiger partial charge in [0.05, 0.1) is 38.6 Å². The van der Waals surface area contributed by atoms with Crippen molar-refractivity contribution < 1.29 is 99.2 Å². The molecule has 0 aliphatic carbocycles. The van der Waals surface area contributed by atoms with E-state index >= 15 is 8.78 Å². The van der Waals surface area contributed by atoms with Gasteiger partial charge in [-0.25, -0.2) is 14.0 Å². The Morgan fingerprint density at radius 3 is 1.19 bits per heavy atom. The summed E-state index contributed by atoms with van der Waals surface area (Å²) in [6.45, 7) is 15.8. The summed E-state index contributed by atoms with van der Waals surface area (Å²) in [6.07, 6.45) is 7.09. The minimum Gasteiger partial charge on any atom is -0.500 e. The Morgan fingerprint density at radius 2 is 0.832 bits per heavy atom. The standard InChI is InChI=1S/C26H22FNOSi.C26H21FNOSi.2C11H8N.C2H6O.CHF3O4S.CH4O.CH3.2Ir/c2*1-30(2,3)18-12-10-17(11-13-18)24-22(27)15-14-20-19-7-6-8-21(25(19)29-26(20)24)23-9-4-5-16-28-23;2*1-2-6-10(7-3-1)11-8-4-5-9-12-11;1-2-3;2-1(3,4)9(6,7)8-5;1-2;;;/h4-16H,1-3H3;4-7,9-16H,1-3H3;2*1-6,8-9H;3H,2H2,1H3;5H;2H,1H3;1H3;;/q;3*-1;;;;-1;;. The van der Waals surface area contributed by atoms with Gasteiger partial charge < -0.3 is 41.4 Å². The van der Waals surface area contributed by atoms with Gasteiger partial charge in [-0.1, -0.05) is 164 Å². The molecule has 0 saturated heterocycles. The fraction of sp³-hybridized carbons (Fsp3) is 0.127. The number of halogens is 5. The Balaban J connectivity index is 0.000000239. The van der Waals surface area contributed by atoms with Crippen LogP contribution >= 0.6 is 0 Å². The first-order chi connectivity index (χ1) is 47.0. The third kappa shape index (κ3) is 21.1. The molecule has 0 fully saturated rings. The molecular formula is C79H73F5Ir2N4O8SSi2-4. The fourth-order valence-corrected chi connectivity index (χ4v) is 12.5. The van der Waals surface area contributed by atoms with Gasteiger partial charge in [0.25, 0.3) is 0 Å². The van der Waals surface area contributed by atoms with Gasteiger partial charge in [0.2, 0.25) is 0 Å². The summed E-state index contributed by atoms with van der Waals surface area (Å²) < 4.78 is 96.6. The van der Waals surface area contributed by atoms with Crippen LogP contribution in [0.1, 0.15) is 6.92 Å². The Kier molecular flexibility index (Phi) is 31.4. The average molecular weight is 1770 g/mol. The zero-order chi connectivity index (χ0) is 70.6. The van der Waals surface area contributed by atoms with E-state index in [2.05, 4.69) is 106 Å². The van der Waals surface area contributed by atoms with Gasteiger partial charge in [-0.05, 0) is 95.8 Å². The molecule has 0 spiro atoms. The van der Waals surface area contributed by atoms with Gasteiger partial charge >= 0.3 is 15.6 Å². The van der Waals surface area contributed by atoms with Crippen LogP contribution in [0.5, 0.6) is 0 Å². The predicted molar refractivity (Wildman–Crippen MR) is 393 cm³/mol. The number of pyridine rings is 4. The van der Waals surface area contributed by atoms with Gasteiger partial charge in [0.15, 0.2) is 0 Å². The molecule has 14 rings (SSSR count). The van der Waals surface area contributed by atoms with Crippen LogP contribution in [0.3, 0.4) is 0 Å². The molecule has 0 atom stereocenters. The quantitative estimate of drug-likeness (QED) is 0.0311. The molecule has 3 N–H and O–H groups in total. The molecule has 22 heteroatoms. The van der Waals surface area contributed by atoms with Gasteiger partial charge in [0.1, 0.15) is 28.4 Å². The molecule has 8 aromatic carbocycles. The van der Waals surface area contributed by atoms with Crippen molar-refractivity contribution in [3.8, 4) is 67.3 Å². The molecule has 0 aliphatic rings. The van der Waals surface area contributed by atoms with E-state index in [1.54, 1.807) is 43.8 Å². The van der Waals surface area contributed by atoms with Crippen LogP contribution < -0.4 is 10.4 Å². The molecule has 0 amide bonds. The number of furan rings is 2. The van der Waals surface area contributed by atoms with E-state index in [0.29, 0.717) is 27.9 Å². The smallest absolute Gasteiger partial charge is 0.500 e. The van der Waals surface area contributed by atoms with Gasteiger partial charge in [0, 0.05) is 100 Å². The van der Waals surface area contributed by atoms with Crippen molar-refractivity contribution >= 4 is 80.5 Å². The second-order valence-electron chi connectivity index (χ2n) is 23.4. The van der Waals surface area contributed by atoms with Crippen LogP contribution in [0.15, 0.2) is 258 Å². The number of hydrogen-bond donors (Lipinski definition) is 3. The maximum Gasteiger partial charge on any atom is 0.525 e. The van der Waals surface area contributed by atoms with Gasteiger partial charge in [-0.3, -0.25) is 4.98 Å². The summed E-state index contributed by atoms with van der Waals surface area (Å²) in [5.74, 6) is -0.563. The summed E-state index contributed by atoms with van der Waals surface area (Å²) in [5, 5.41) is 28.1. The van der Waals surface area contributed by atoms with Gasteiger partial charge in [-0.2, -0.15) is 21.6 Å². The number of aliphatic hydroxyl groups excluding tert-OH is 2.